The molecule has 3 heteroatoms. The highest BCUT2D eigenvalue weighted by molar-refractivity contribution is 5.69. The fourth-order valence-electron chi connectivity index (χ4n) is 0.760. The monoisotopic (exact) mass is 167 g/mol. The van der Waals surface area contributed by atoms with Gasteiger partial charge in [0.1, 0.15) is 0 Å². The molecule has 3 nitrogen and oxygen atoms in total. The van der Waals surface area contributed by atoms with Crippen molar-refractivity contribution in [2.45, 2.75) is 6.92 Å². The lowest BCUT2D eigenvalue weighted by Gasteiger charge is -2.13. The van der Waals surface area contributed by atoms with Crippen LogP contribution in [-0.2, 0) is 4.79 Å². The highest BCUT2D eigenvalue weighted by atomic mass is 16.4. The summed E-state index contributed by atoms with van der Waals surface area (Å²) in [6, 6.07) is 0. The van der Waals surface area contributed by atoms with Crippen LogP contribution in [0.25, 0.3) is 0 Å². The molecule has 0 aromatic rings. The molecule has 0 aliphatic rings. The van der Waals surface area contributed by atoms with Gasteiger partial charge in [0.05, 0.1) is 13.1 Å². The molecule has 0 bridgehead atoms. The number of carboxylic acid groups (broad SMARTS) is 1. The zero-order chi connectivity index (χ0) is 9.40. The van der Waals surface area contributed by atoms with E-state index in [4.69, 9.17) is 11.5 Å². The standard InChI is InChI=1S/C9H13NO2/c1-3-5-7-10(6-4-2)8-9(11)12/h2-3,5H,6-8H2,1H3,(H,11,12). The molecule has 12 heavy (non-hydrogen) atoms. The van der Waals surface area contributed by atoms with Gasteiger partial charge in [0, 0.05) is 6.54 Å². The lowest BCUT2D eigenvalue weighted by atomic mass is 10.4. The molecule has 1 N–H and O–H groups in total. The van der Waals surface area contributed by atoms with Gasteiger partial charge in [0.2, 0.25) is 0 Å². The molecule has 0 aromatic carbocycles. The summed E-state index contributed by atoms with van der Waals surface area (Å²) in [7, 11) is 0. The fourth-order valence-corrected chi connectivity index (χ4v) is 0.760. The maximum absolute atomic E-state index is 10.3. The average Bonchev–Trinajstić information content (AvgIpc) is 2.00. The molecule has 0 saturated carbocycles. The first-order chi connectivity index (χ1) is 5.70. The van der Waals surface area contributed by atoms with Crippen LogP contribution in [0.2, 0.25) is 0 Å². The third-order valence-corrected chi connectivity index (χ3v) is 1.27. The quantitative estimate of drug-likeness (QED) is 0.481. The topological polar surface area (TPSA) is 40.5 Å². The molecular weight excluding hydrogens is 154 g/mol. The maximum atomic E-state index is 10.3. The summed E-state index contributed by atoms with van der Waals surface area (Å²) in [6.45, 7) is 2.84. The summed E-state index contributed by atoms with van der Waals surface area (Å²) in [4.78, 5) is 12.0. The third-order valence-electron chi connectivity index (χ3n) is 1.27. The van der Waals surface area contributed by atoms with Gasteiger partial charge in [-0.15, -0.1) is 6.42 Å². The molecule has 0 amide bonds. The molecule has 0 unspecified atom stereocenters. The molecule has 0 atom stereocenters. The summed E-state index contributed by atoms with van der Waals surface area (Å²) in [6.07, 6.45) is 8.81. The number of hydrogen-bond donors (Lipinski definition) is 1. The first kappa shape index (κ1) is 10.7. The van der Waals surface area contributed by atoms with Crippen molar-refractivity contribution in [1.29, 1.82) is 0 Å². The second-order valence-electron chi connectivity index (χ2n) is 2.34. The highest BCUT2D eigenvalue weighted by Gasteiger charge is 2.05. The van der Waals surface area contributed by atoms with Crippen LogP contribution >= 0.6 is 0 Å². The largest absolute Gasteiger partial charge is 0.480 e. The highest BCUT2D eigenvalue weighted by Crippen LogP contribution is 1.87. The summed E-state index contributed by atoms with van der Waals surface area (Å²) in [5.41, 5.74) is 0. The van der Waals surface area contributed by atoms with Gasteiger partial charge in [-0.2, -0.15) is 0 Å². The molecule has 0 fully saturated rings. The van der Waals surface area contributed by atoms with E-state index in [0.717, 1.165) is 0 Å². The molecule has 0 aliphatic heterocycles. The Labute approximate surface area is 72.7 Å². The first-order valence-corrected chi connectivity index (χ1v) is 3.69. The van der Waals surface area contributed by atoms with Gasteiger partial charge in [-0.1, -0.05) is 18.1 Å². The smallest absolute Gasteiger partial charge is 0.317 e. The van der Waals surface area contributed by atoms with Crippen LogP contribution in [-0.4, -0.2) is 35.6 Å². The van der Waals surface area contributed by atoms with Crippen molar-refractivity contribution in [2.75, 3.05) is 19.6 Å². The Bertz CT molecular complexity index is 203. The minimum absolute atomic E-state index is 0.00542. The number of carboxylic acids is 1. The van der Waals surface area contributed by atoms with E-state index in [1.165, 1.54) is 0 Å². The lowest BCUT2D eigenvalue weighted by Crippen LogP contribution is -2.30. The normalized spacial score (nSPS) is 10.4. The van der Waals surface area contributed by atoms with E-state index in [9.17, 15) is 4.79 Å². The second kappa shape index (κ2) is 6.44. The number of carbonyl (C=O) groups is 1. The lowest BCUT2D eigenvalue weighted by molar-refractivity contribution is -0.138. The Hall–Kier alpha value is -1.27. The predicted molar refractivity (Wildman–Crippen MR) is 47.7 cm³/mol. The van der Waals surface area contributed by atoms with E-state index >= 15 is 0 Å². The zero-order valence-electron chi connectivity index (χ0n) is 7.16. The van der Waals surface area contributed by atoms with Gasteiger partial charge in [0.25, 0.3) is 0 Å². The zero-order valence-corrected chi connectivity index (χ0v) is 7.16. The number of allylic oxidation sites excluding steroid dienone is 1. The molecule has 0 rings (SSSR count). The first-order valence-electron chi connectivity index (χ1n) is 3.69. The van der Waals surface area contributed by atoms with Gasteiger partial charge in [-0.05, 0) is 6.92 Å². The van der Waals surface area contributed by atoms with Crippen LogP contribution in [0.5, 0.6) is 0 Å². The number of rotatable bonds is 5. The molecule has 66 valence electrons. The van der Waals surface area contributed by atoms with Crippen molar-refractivity contribution in [1.82, 2.24) is 4.90 Å². The van der Waals surface area contributed by atoms with E-state index in [-0.39, 0.29) is 6.54 Å². The minimum atomic E-state index is -0.852. The van der Waals surface area contributed by atoms with E-state index in [1.807, 2.05) is 19.1 Å². The molecule has 0 radical (unpaired) electrons. The van der Waals surface area contributed by atoms with E-state index in [0.29, 0.717) is 13.1 Å². The van der Waals surface area contributed by atoms with Gasteiger partial charge < -0.3 is 5.11 Å². The number of terminal acetylenes is 1. The fraction of sp³-hybridized carbons (Fsp3) is 0.444. The Morgan fingerprint density at radius 3 is 2.83 bits per heavy atom. The van der Waals surface area contributed by atoms with Crippen LogP contribution in [0.3, 0.4) is 0 Å². The molecular formula is C9H13NO2. The van der Waals surface area contributed by atoms with E-state index in [2.05, 4.69) is 5.92 Å². The number of hydrogen-bond acceptors (Lipinski definition) is 2. The molecule has 0 spiro atoms. The van der Waals surface area contributed by atoms with Gasteiger partial charge in [0.15, 0.2) is 0 Å². The van der Waals surface area contributed by atoms with E-state index < -0.39 is 5.97 Å². The molecule has 0 heterocycles. The van der Waals surface area contributed by atoms with Gasteiger partial charge in [-0.3, -0.25) is 9.69 Å². The van der Waals surface area contributed by atoms with Crippen LogP contribution in [0, 0.1) is 12.3 Å². The van der Waals surface area contributed by atoms with Gasteiger partial charge in [-0.25, -0.2) is 0 Å². The maximum Gasteiger partial charge on any atom is 0.317 e. The van der Waals surface area contributed by atoms with Crippen molar-refractivity contribution in [3.8, 4) is 12.3 Å². The summed E-state index contributed by atoms with van der Waals surface area (Å²) in [5, 5.41) is 8.48. The van der Waals surface area contributed by atoms with Crippen molar-refractivity contribution in [3.05, 3.63) is 12.2 Å². The van der Waals surface area contributed by atoms with Crippen LogP contribution in [0.15, 0.2) is 12.2 Å². The van der Waals surface area contributed by atoms with Crippen molar-refractivity contribution in [2.24, 2.45) is 0 Å². The van der Waals surface area contributed by atoms with E-state index in [1.54, 1.807) is 4.90 Å². The Morgan fingerprint density at radius 1 is 1.75 bits per heavy atom. The van der Waals surface area contributed by atoms with Crippen LogP contribution in [0.4, 0.5) is 0 Å². The van der Waals surface area contributed by atoms with Crippen LogP contribution < -0.4 is 0 Å². The van der Waals surface area contributed by atoms with Crippen molar-refractivity contribution < 1.29 is 9.90 Å². The van der Waals surface area contributed by atoms with Crippen molar-refractivity contribution >= 4 is 5.97 Å². The minimum Gasteiger partial charge on any atom is -0.480 e. The molecule has 0 saturated heterocycles. The summed E-state index contributed by atoms with van der Waals surface area (Å²) in [5.74, 6) is 1.56. The second-order valence-corrected chi connectivity index (χ2v) is 2.34. The Morgan fingerprint density at radius 2 is 2.42 bits per heavy atom. The van der Waals surface area contributed by atoms with Gasteiger partial charge >= 0.3 is 5.97 Å². The summed E-state index contributed by atoms with van der Waals surface area (Å²) >= 11 is 0. The number of aliphatic carboxylic acids is 1. The molecule has 0 aliphatic carbocycles. The SMILES string of the molecule is C#CCN(CC=CC)CC(=O)O. The Kier molecular flexibility index (Phi) is 5.76. The average molecular weight is 167 g/mol. The van der Waals surface area contributed by atoms with Crippen LogP contribution in [0.1, 0.15) is 6.92 Å². The third kappa shape index (κ3) is 5.51. The predicted octanol–water partition coefficient (Wildman–Crippen LogP) is 0.582. The van der Waals surface area contributed by atoms with Crippen molar-refractivity contribution in [3.63, 3.8) is 0 Å². The number of nitrogens with zero attached hydrogens (tertiary/aromatic N) is 1. The molecule has 0 aromatic heterocycles. The Balaban J connectivity index is 3.87. The summed E-state index contributed by atoms with van der Waals surface area (Å²) < 4.78 is 0.